The molecule has 0 spiro atoms. The van der Waals surface area contributed by atoms with Crippen molar-refractivity contribution in [3.8, 4) is 0 Å². The minimum absolute atomic E-state index is 0.0984. The second-order valence-corrected chi connectivity index (χ2v) is 4.32. The maximum atomic E-state index is 13.1. The minimum atomic E-state index is -0.479. The smallest absolute Gasteiger partial charge is 0.143 e. The van der Waals surface area contributed by atoms with E-state index in [9.17, 15) is 4.39 Å². The van der Waals surface area contributed by atoms with E-state index in [-0.39, 0.29) is 5.02 Å². The number of anilines is 2. The van der Waals surface area contributed by atoms with Gasteiger partial charge in [0.15, 0.2) is 0 Å². The van der Waals surface area contributed by atoms with Gasteiger partial charge >= 0.3 is 0 Å². The van der Waals surface area contributed by atoms with E-state index >= 15 is 0 Å². The summed E-state index contributed by atoms with van der Waals surface area (Å²) in [6.45, 7) is 5.13. The molecule has 0 aliphatic rings. The van der Waals surface area contributed by atoms with Gasteiger partial charge in [0.05, 0.1) is 16.4 Å². The highest BCUT2D eigenvalue weighted by Gasteiger charge is 2.08. The van der Waals surface area contributed by atoms with Gasteiger partial charge in [-0.1, -0.05) is 38.3 Å². The van der Waals surface area contributed by atoms with Gasteiger partial charge in [-0.2, -0.15) is 0 Å². The third-order valence-corrected chi connectivity index (χ3v) is 3.12. The monoisotopic (exact) mass is 244 g/mol. The molecule has 1 rings (SSSR count). The first-order chi connectivity index (χ1) is 7.58. The number of halogens is 2. The zero-order valence-electron chi connectivity index (χ0n) is 9.69. The van der Waals surface area contributed by atoms with E-state index in [0.717, 1.165) is 19.4 Å². The standard InChI is InChI=1S/C12H18ClFN2/c1-3-8(4-2)7-16-12-5-9(13)10(14)6-11(12)15/h5-6,8,16H,3-4,7,15H2,1-2H3. The molecule has 0 fully saturated rings. The summed E-state index contributed by atoms with van der Waals surface area (Å²) in [5, 5.41) is 3.31. The number of nitrogen functional groups attached to an aromatic ring is 1. The fraction of sp³-hybridized carbons (Fsp3) is 0.500. The van der Waals surface area contributed by atoms with Crippen LogP contribution in [0.1, 0.15) is 26.7 Å². The van der Waals surface area contributed by atoms with E-state index in [1.54, 1.807) is 0 Å². The zero-order valence-corrected chi connectivity index (χ0v) is 10.4. The molecule has 2 nitrogen and oxygen atoms in total. The largest absolute Gasteiger partial charge is 0.397 e. The predicted molar refractivity (Wildman–Crippen MR) is 68.4 cm³/mol. The Morgan fingerprint density at radius 1 is 1.38 bits per heavy atom. The van der Waals surface area contributed by atoms with Crippen molar-refractivity contribution in [1.29, 1.82) is 0 Å². The van der Waals surface area contributed by atoms with Crippen molar-refractivity contribution in [2.75, 3.05) is 17.6 Å². The molecule has 16 heavy (non-hydrogen) atoms. The van der Waals surface area contributed by atoms with Crippen LogP contribution in [0.4, 0.5) is 15.8 Å². The van der Waals surface area contributed by atoms with Crippen LogP contribution in [0.2, 0.25) is 5.02 Å². The van der Waals surface area contributed by atoms with Gasteiger partial charge < -0.3 is 11.1 Å². The quantitative estimate of drug-likeness (QED) is 0.771. The van der Waals surface area contributed by atoms with Crippen LogP contribution < -0.4 is 11.1 Å². The molecule has 0 radical (unpaired) electrons. The van der Waals surface area contributed by atoms with Crippen molar-refractivity contribution in [3.63, 3.8) is 0 Å². The SMILES string of the molecule is CCC(CC)CNc1cc(Cl)c(F)cc1N. The second-order valence-electron chi connectivity index (χ2n) is 3.92. The van der Waals surface area contributed by atoms with Crippen molar-refractivity contribution in [2.24, 2.45) is 5.92 Å². The van der Waals surface area contributed by atoms with E-state index in [0.29, 0.717) is 17.3 Å². The summed E-state index contributed by atoms with van der Waals surface area (Å²) in [6.07, 6.45) is 2.22. The number of hydrogen-bond donors (Lipinski definition) is 2. The van der Waals surface area contributed by atoms with Crippen molar-refractivity contribution in [3.05, 3.63) is 23.0 Å². The predicted octanol–water partition coefficient (Wildman–Crippen LogP) is 3.91. The number of nitrogens with two attached hydrogens (primary N) is 1. The number of nitrogens with one attached hydrogen (secondary N) is 1. The molecular formula is C12H18ClFN2. The summed E-state index contributed by atoms with van der Waals surface area (Å²) in [7, 11) is 0. The van der Waals surface area contributed by atoms with Crippen LogP contribution in [0.15, 0.2) is 12.1 Å². The summed E-state index contributed by atoms with van der Waals surface area (Å²) in [6, 6.07) is 2.78. The highest BCUT2D eigenvalue weighted by atomic mass is 35.5. The lowest BCUT2D eigenvalue weighted by atomic mass is 10.0. The molecule has 0 saturated heterocycles. The summed E-state index contributed by atoms with van der Waals surface area (Å²) in [5.41, 5.74) is 6.80. The Labute approximate surface area is 101 Å². The van der Waals surface area contributed by atoms with Crippen LogP contribution in [0.5, 0.6) is 0 Å². The lowest BCUT2D eigenvalue weighted by Gasteiger charge is -2.16. The molecule has 1 aromatic rings. The molecular weight excluding hydrogens is 227 g/mol. The van der Waals surface area contributed by atoms with Gasteiger partial charge in [0, 0.05) is 12.6 Å². The van der Waals surface area contributed by atoms with Gasteiger partial charge in [0.25, 0.3) is 0 Å². The number of hydrogen-bond acceptors (Lipinski definition) is 2. The lowest BCUT2D eigenvalue weighted by Crippen LogP contribution is -2.13. The normalized spacial score (nSPS) is 10.8. The lowest BCUT2D eigenvalue weighted by molar-refractivity contribution is 0.519. The molecule has 0 aliphatic heterocycles. The van der Waals surface area contributed by atoms with Crippen molar-refractivity contribution in [1.82, 2.24) is 0 Å². The molecule has 0 aliphatic carbocycles. The van der Waals surface area contributed by atoms with Crippen molar-refractivity contribution in [2.45, 2.75) is 26.7 Å². The van der Waals surface area contributed by atoms with Gasteiger partial charge in [0.1, 0.15) is 5.82 Å². The maximum Gasteiger partial charge on any atom is 0.143 e. The molecule has 90 valence electrons. The summed E-state index contributed by atoms with van der Waals surface area (Å²) >= 11 is 5.70. The first-order valence-corrected chi connectivity index (χ1v) is 5.94. The molecule has 1 aromatic carbocycles. The van der Waals surface area contributed by atoms with Crippen LogP contribution in [0.25, 0.3) is 0 Å². The fourth-order valence-corrected chi connectivity index (χ4v) is 1.71. The van der Waals surface area contributed by atoms with Gasteiger partial charge in [-0.3, -0.25) is 0 Å². The van der Waals surface area contributed by atoms with Crippen LogP contribution >= 0.6 is 11.6 Å². The molecule has 0 saturated carbocycles. The van der Waals surface area contributed by atoms with E-state index in [1.807, 2.05) is 0 Å². The van der Waals surface area contributed by atoms with Crippen LogP contribution in [0, 0.1) is 11.7 Å². The molecule has 0 atom stereocenters. The van der Waals surface area contributed by atoms with Crippen LogP contribution in [-0.2, 0) is 0 Å². The molecule has 0 bridgehead atoms. The van der Waals surface area contributed by atoms with Gasteiger partial charge in [-0.15, -0.1) is 0 Å². The maximum absolute atomic E-state index is 13.1. The highest BCUT2D eigenvalue weighted by molar-refractivity contribution is 6.31. The highest BCUT2D eigenvalue weighted by Crippen LogP contribution is 2.26. The van der Waals surface area contributed by atoms with Crippen molar-refractivity contribution < 1.29 is 4.39 Å². The topological polar surface area (TPSA) is 38.0 Å². The average molecular weight is 245 g/mol. The zero-order chi connectivity index (χ0) is 12.1. The second kappa shape index (κ2) is 5.94. The first-order valence-electron chi connectivity index (χ1n) is 5.56. The Morgan fingerprint density at radius 3 is 2.56 bits per heavy atom. The van der Waals surface area contributed by atoms with E-state index in [4.69, 9.17) is 17.3 Å². The molecule has 0 unspecified atom stereocenters. The summed E-state index contributed by atoms with van der Waals surface area (Å²) in [4.78, 5) is 0. The van der Waals surface area contributed by atoms with E-state index in [1.165, 1.54) is 12.1 Å². The third-order valence-electron chi connectivity index (χ3n) is 2.83. The Hall–Kier alpha value is -0.960. The number of benzene rings is 1. The molecule has 4 heteroatoms. The molecule has 3 N–H and O–H groups in total. The van der Waals surface area contributed by atoms with Gasteiger partial charge in [-0.25, -0.2) is 4.39 Å². The fourth-order valence-electron chi connectivity index (χ4n) is 1.55. The average Bonchev–Trinajstić information content (AvgIpc) is 2.26. The Balaban J connectivity index is 2.70. The Bertz CT molecular complexity index is 351. The summed E-state index contributed by atoms with van der Waals surface area (Å²) in [5.74, 6) is 0.121. The van der Waals surface area contributed by atoms with Crippen molar-refractivity contribution >= 4 is 23.0 Å². The van der Waals surface area contributed by atoms with Crippen LogP contribution in [-0.4, -0.2) is 6.54 Å². The first kappa shape index (κ1) is 13.1. The Morgan fingerprint density at radius 2 is 2.00 bits per heavy atom. The number of rotatable bonds is 5. The van der Waals surface area contributed by atoms with E-state index < -0.39 is 5.82 Å². The van der Waals surface area contributed by atoms with Gasteiger partial charge in [-0.05, 0) is 12.0 Å². The third kappa shape index (κ3) is 3.27. The minimum Gasteiger partial charge on any atom is -0.397 e. The molecule has 0 aromatic heterocycles. The van der Waals surface area contributed by atoms with Crippen LogP contribution in [0.3, 0.4) is 0 Å². The van der Waals surface area contributed by atoms with Gasteiger partial charge in [0.2, 0.25) is 0 Å². The molecule has 0 amide bonds. The van der Waals surface area contributed by atoms with E-state index in [2.05, 4.69) is 19.2 Å². The Kier molecular flexibility index (Phi) is 4.87. The summed E-state index contributed by atoms with van der Waals surface area (Å²) < 4.78 is 13.1. The molecule has 0 heterocycles.